The Morgan fingerprint density at radius 2 is 2.18 bits per heavy atom. The minimum Gasteiger partial charge on any atom is -0.277 e. The van der Waals surface area contributed by atoms with Crippen LogP contribution in [0.25, 0.3) is 0 Å². The van der Waals surface area contributed by atoms with Crippen molar-refractivity contribution in [3.63, 3.8) is 0 Å². The van der Waals surface area contributed by atoms with Crippen LogP contribution in [-0.2, 0) is 25.9 Å². The molecule has 1 aliphatic heterocycles. The Morgan fingerprint density at radius 1 is 1.55 bits per heavy atom. The third-order valence-electron chi connectivity index (χ3n) is 1.08. The molecule has 0 radical (unpaired) electrons. The number of hydrogen-bond acceptors (Lipinski definition) is 4. The van der Waals surface area contributed by atoms with E-state index in [0.29, 0.717) is 6.42 Å². The van der Waals surface area contributed by atoms with Gasteiger partial charge in [-0.1, -0.05) is 7.60 Å². The Kier molecular flexibility index (Phi) is 2.58. The van der Waals surface area contributed by atoms with E-state index < -0.39 is 21.7 Å². The summed E-state index contributed by atoms with van der Waals surface area (Å²) < 4.78 is 47.7. The maximum atomic E-state index is 12.2. The molecular weight excluding hydrogens is 197 g/mol. The van der Waals surface area contributed by atoms with Crippen molar-refractivity contribution in [2.75, 3.05) is 13.2 Å². The zero-order valence-electron chi connectivity index (χ0n) is 5.40. The lowest BCUT2D eigenvalue weighted by atomic mass is 10.5. The Morgan fingerprint density at radius 3 is 2.55 bits per heavy atom. The van der Waals surface area contributed by atoms with E-state index in [9.17, 15) is 16.5 Å². The van der Waals surface area contributed by atoms with E-state index in [-0.39, 0.29) is 16.9 Å². The van der Waals surface area contributed by atoms with E-state index >= 15 is 0 Å². The van der Waals surface area contributed by atoms with Crippen LogP contribution >= 0.6 is 0 Å². The Bertz CT molecular complexity index is 263. The van der Waals surface area contributed by atoms with Crippen LogP contribution in [0, 0.1) is 0 Å². The molecule has 0 saturated carbocycles. The lowest BCUT2D eigenvalue weighted by Gasteiger charge is -2.19. The molecule has 1 saturated heterocycles. The van der Waals surface area contributed by atoms with Gasteiger partial charge in [0.1, 0.15) is 0 Å². The van der Waals surface area contributed by atoms with Gasteiger partial charge >= 0.3 is 10.4 Å². The minimum atomic E-state index is -4.87. The van der Waals surface area contributed by atoms with E-state index in [2.05, 4.69) is 4.18 Å². The molecule has 11 heavy (non-hydrogen) atoms. The van der Waals surface area contributed by atoms with Crippen LogP contribution in [0.3, 0.4) is 0 Å². The molecule has 1 rings (SSSR count). The molecule has 8 heteroatoms. The molecule has 0 aromatic rings. The van der Waals surface area contributed by atoms with Crippen LogP contribution in [0.4, 0.5) is 3.89 Å². The van der Waals surface area contributed by atoms with Crippen molar-refractivity contribution in [3.05, 3.63) is 0 Å². The molecular formula is C3H6FNO4S2. The molecule has 0 aliphatic carbocycles. The van der Waals surface area contributed by atoms with E-state index in [1.54, 1.807) is 0 Å². The zero-order chi connectivity index (χ0) is 8.48. The molecule has 0 N–H and O–H groups in total. The smallest absolute Gasteiger partial charge is 0.277 e. The topological polar surface area (TPSA) is 63.7 Å². The van der Waals surface area contributed by atoms with Gasteiger partial charge in [-0.15, -0.1) is 0 Å². The van der Waals surface area contributed by atoms with Crippen LogP contribution in [0.2, 0.25) is 0 Å². The summed E-state index contributed by atoms with van der Waals surface area (Å²) in [7, 11) is -4.87. The standard InChI is InChI=1S/C3H6FNO4S2/c4-11(7,8)5-2-1-3-9-10(5)6/h1-3H2. The summed E-state index contributed by atoms with van der Waals surface area (Å²) in [5.41, 5.74) is 0. The number of halogens is 1. The van der Waals surface area contributed by atoms with Crippen molar-refractivity contribution in [2.24, 2.45) is 0 Å². The predicted molar refractivity (Wildman–Crippen MR) is 35.4 cm³/mol. The summed E-state index contributed by atoms with van der Waals surface area (Å²) in [4.78, 5) is 0. The lowest BCUT2D eigenvalue weighted by molar-refractivity contribution is 0.278. The molecule has 1 aliphatic rings. The van der Waals surface area contributed by atoms with Gasteiger partial charge in [-0.2, -0.15) is 8.42 Å². The summed E-state index contributed by atoms with van der Waals surface area (Å²) >= 11 is -2.18. The molecule has 5 nitrogen and oxygen atoms in total. The first kappa shape index (κ1) is 9.04. The fraction of sp³-hybridized carbons (Fsp3) is 1.00. The molecule has 1 fully saturated rings. The van der Waals surface area contributed by atoms with Crippen molar-refractivity contribution < 1.29 is 20.7 Å². The van der Waals surface area contributed by atoms with Gasteiger partial charge in [-0.25, -0.2) is 4.21 Å². The molecule has 0 aromatic carbocycles. The molecule has 0 spiro atoms. The summed E-state index contributed by atoms with van der Waals surface area (Å²) in [6, 6.07) is 0. The van der Waals surface area contributed by atoms with Gasteiger partial charge in [0.15, 0.2) is 0 Å². The van der Waals surface area contributed by atoms with Gasteiger partial charge < -0.3 is 0 Å². The molecule has 0 aromatic heterocycles. The van der Waals surface area contributed by atoms with Gasteiger partial charge in [0.05, 0.1) is 6.61 Å². The third kappa shape index (κ3) is 2.19. The number of nitrogens with zero attached hydrogens (tertiary/aromatic N) is 1. The van der Waals surface area contributed by atoms with E-state index in [4.69, 9.17) is 0 Å². The first-order valence-corrected chi connectivity index (χ1v) is 5.16. The average molecular weight is 203 g/mol. The lowest BCUT2D eigenvalue weighted by Crippen LogP contribution is -2.36. The second kappa shape index (κ2) is 3.13. The highest BCUT2D eigenvalue weighted by Crippen LogP contribution is 2.13. The van der Waals surface area contributed by atoms with Crippen molar-refractivity contribution in [3.8, 4) is 0 Å². The van der Waals surface area contributed by atoms with Crippen LogP contribution in [0.15, 0.2) is 0 Å². The van der Waals surface area contributed by atoms with Crippen LogP contribution < -0.4 is 0 Å². The van der Waals surface area contributed by atoms with Crippen LogP contribution in [0.1, 0.15) is 6.42 Å². The van der Waals surface area contributed by atoms with Gasteiger partial charge in [-0.05, 0) is 6.42 Å². The van der Waals surface area contributed by atoms with E-state index in [1.807, 2.05) is 0 Å². The molecule has 1 unspecified atom stereocenters. The predicted octanol–water partition coefficient (Wildman–Crippen LogP) is -0.498. The Hall–Kier alpha value is -0.0500. The maximum Gasteiger partial charge on any atom is 0.388 e. The van der Waals surface area contributed by atoms with Crippen LogP contribution in [0.5, 0.6) is 0 Å². The van der Waals surface area contributed by atoms with Gasteiger partial charge in [-0.3, -0.25) is 4.18 Å². The zero-order valence-corrected chi connectivity index (χ0v) is 7.03. The fourth-order valence-electron chi connectivity index (χ4n) is 0.639. The largest absolute Gasteiger partial charge is 0.388 e. The first-order chi connectivity index (χ1) is 5.02. The SMILES string of the molecule is O=S1OCCCN1S(=O)(=O)F. The van der Waals surface area contributed by atoms with E-state index in [1.165, 1.54) is 0 Å². The molecule has 1 heterocycles. The van der Waals surface area contributed by atoms with Crippen LogP contribution in [-0.4, -0.2) is 29.5 Å². The summed E-state index contributed by atoms with van der Waals surface area (Å²) in [6.07, 6.45) is 0.356. The molecule has 66 valence electrons. The van der Waals surface area contributed by atoms with Gasteiger partial charge in [0, 0.05) is 6.54 Å². The third-order valence-corrected chi connectivity index (χ3v) is 3.53. The number of rotatable bonds is 1. The summed E-state index contributed by atoms with van der Waals surface area (Å²) in [6.45, 7) is 0.101. The molecule has 0 bridgehead atoms. The second-order valence-corrected chi connectivity index (χ2v) is 4.47. The highest BCUT2D eigenvalue weighted by Gasteiger charge is 2.30. The Labute approximate surface area is 66.3 Å². The monoisotopic (exact) mass is 203 g/mol. The highest BCUT2D eigenvalue weighted by atomic mass is 32.3. The van der Waals surface area contributed by atoms with Gasteiger partial charge in [0.25, 0.3) is 11.3 Å². The van der Waals surface area contributed by atoms with Gasteiger partial charge in [0.2, 0.25) is 0 Å². The summed E-state index contributed by atoms with van der Waals surface area (Å²) in [5.74, 6) is 0. The van der Waals surface area contributed by atoms with Crippen molar-refractivity contribution in [1.29, 1.82) is 0 Å². The fourth-order valence-corrected chi connectivity index (χ4v) is 2.35. The summed E-state index contributed by atoms with van der Waals surface area (Å²) in [5, 5.41) is 0. The average Bonchev–Trinajstić information content (AvgIpc) is 1.86. The molecule has 1 atom stereocenters. The molecule has 0 amide bonds. The first-order valence-electron chi connectivity index (χ1n) is 2.79. The number of hydrogen-bond donors (Lipinski definition) is 0. The maximum absolute atomic E-state index is 12.2. The van der Waals surface area contributed by atoms with Crippen molar-refractivity contribution >= 4 is 21.7 Å². The second-order valence-electron chi connectivity index (χ2n) is 1.86. The van der Waals surface area contributed by atoms with Crippen molar-refractivity contribution in [2.45, 2.75) is 6.42 Å². The normalized spacial score (nSPS) is 28.6. The minimum absolute atomic E-state index is 0.0918. The highest BCUT2D eigenvalue weighted by molar-refractivity contribution is 7.96. The van der Waals surface area contributed by atoms with E-state index in [0.717, 1.165) is 0 Å². The quantitative estimate of drug-likeness (QED) is 0.539. The Balaban J connectivity index is 2.78. The van der Waals surface area contributed by atoms with Crippen molar-refractivity contribution in [1.82, 2.24) is 3.71 Å².